The number of rotatable bonds is 4. The van der Waals surface area contributed by atoms with Crippen molar-refractivity contribution >= 4 is 0 Å². The van der Waals surface area contributed by atoms with Crippen molar-refractivity contribution in [3.63, 3.8) is 0 Å². The number of hydrogen-bond donors (Lipinski definition) is 1. The third-order valence-electron chi connectivity index (χ3n) is 2.41. The van der Waals surface area contributed by atoms with E-state index >= 15 is 0 Å². The quantitative estimate of drug-likeness (QED) is 0.881. The Balaban J connectivity index is 1.91. The molecule has 5 heteroatoms. The van der Waals surface area contributed by atoms with Crippen LogP contribution in [0.15, 0.2) is 30.6 Å². The first-order valence-electron chi connectivity index (χ1n) is 5.27. The van der Waals surface area contributed by atoms with E-state index in [9.17, 15) is 8.78 Å². The van der Waals surface area contributed by atoms with Gasteiger partial charge in [0.15, 0.2) is 0 Å². The third kappa shape index (κ3) is 3.10. The first-order chi connectivity index (χ1) is 8.15. The standard InChI is InChI=1S/C12H13F2N3/c1-17-8-9(6-16-17)5-15-7-10-4-11(13)2-3-12(10)14/h2-4,6,8,15H,5,7H2,1H3. The maximum Gasteiger partial charge on any atom is 0.127 e. The molecule has 1 aromatic heterocycles. The predicted octanol–water partition coefficient (Wildman–Crippen LogP) is 1.99. The van der Waals surface area contributed by atoms with Crippen molar-refractivity contribution in [2.75, 3.05) is 0 Å². The smallest absolute Gasteiger partial charge is 0.127 e. The normalized spacial score (nSPS) is 10.8. The lowest BCUT2D eigenvalue weighted by molar-refractivity contribution is 0.568. The summed E-state index contributed by atoms with van der Waals surface area (Å²) < 4.78 is 27.9. The number of aryl methyl sites for hydroxylation is 1. The minimum atomic E-state index is -0.426. The van der Waals surface area contributed by atoms with Gasteiger partial charge in [-0.2, -0.15) is 5.10 Å². The van der Waals surface area contributed by atoms with Crippen molar-refractivity contribution in [2.24, 2.45) is 7.05 Å². The molecule has 90 valence electrons. The Bertz CT molecular complexity index is 508. The summed E-state index contributed by atoms with van der Waals surface area (Å²) in [6.45, 7) is 0.863. The molecule has 0 atom stereocenters. The lowest BCUT2D eigenvalue weighted by Gasteiger charge is -2.04. The molecule has 0 unspecified atom stereocenters. The molecule has 0 saturated carbocycles. The summed E-state index contributed by atoms with van der Waals surface area (Å²) in [6, 6.07) is 3.45. The lowest BCUT2D eigenvalue weighted by atomic mass is 10.2. The molecule has 17 heavy (non-hydrogen) atoms. The monoisotopic (exact) mass is 237 g/mol. The molecule has 2 rings (SSSR count). The zero-order valence-electron chi connectivity index (χ0n) is 9.45. The van der Waals surface area contributed by atoms with Crippen LogP contribution >= 0.6 is 0 Å². The van der Waals surface area contributed by atoms with Crippen LogP contribution in [-0.4, -0.2) is 9.78 Å². The van der Waals surface area contributed by atoms with Crippen LogP contribution in [0.3, 0.4) is 0 Å². The van der Waals surface area contributed by atoms with E-state index in [0.29, 0.717) is 18.7 Å². The van der Waals surface area contributed by atoms with Crippen LogP contribution in [0.25, 0.3) is 0 Å². The van der Waals surface area contributed by atoms with Crippen LogP contribution in [0, 0.1) is 11.6 Å². The van der Waals surface area contributed by atoms with Crippen molar-refractivity contribution in [1.29, 1.82) is 0 Å². The summed E-state index contributed by atoms with van der Waals surface area (Å²) in [7, 11) is 1.83. The van der Waals surface area contributed by atoms with Crippen molar-refractivity contribution in [3.8, 4) is 0 Å². The fraction of sp³-hybridized carbons (Fsp3) is 0.250. The molecule has 1 aromatic carbocycles. The highest BCUT2D eigenvalue weighted by molar-refractivity contribution is 5.18. The highest BCUT2D eigenvalue weighted by Gasteiger charge is 2.03. The fourth-order valence-electron chi connectivity index (χ4n) is 1.58. The molecule has 3 nitrogen and oxygen atoms in total. The molecule has 1 heterocycles. The lowest BCUT2D eigenvalue weighted by Crippen LogP contribution is -2.13. The second kappa shape index (κ2) is 5.05. The van der Waals surface area contributed by atoms with E-state index in [2.05, 4.69) is 10.4 Å². The number of hydrogen-bond acceptors (Lipinski definition) is 2. The summed E-state index contributed by atoms with van der Waals surface area (Å²) in [5.41, 5.74) is 1.33. The van der Waals surface area contributed by atoms with Gasteiger partial charge in [-0.3, -0.25) is 4.68 Å². The van der Waals surface area contributed by atoms with Crippen LogP contribution in [-0.2, 0) is 20.1 Å². The summed E-state index contributed by atoms with van der Waals surface area (Å²) in [6.07, 6.45) is 3.60. The minimum Gasteiger partial charge on any atom is -0.308 e. The van der Waals surface area contributed by atoms with Gasteiger partial charge in [0.05, 0.1) is 6.20 Å². The van der Waals surface area contributed by atoms with E-state index < -0.39 is 11.6 Å². The van der Waals surface area contributed by atoms with Crippen LogP contribution in [0.4, 0.5) is 8.78 Å². The van der Waals surface area contributed by atoms with Crippen LogP contribution in [0.1, 0.15) is 11.1 Å². The van der Waals surface area contributed by atoms with Crippen molar-refractivity contribution in [1.82, 2.24) is 15.1 Å². The van der Waals surface area contributed by atoms with Gasteiger partial charge < -0.3 is 5.32 Å². The summed E-state index contributed by atoms with van der Waals surface area (Å²) >= 11 is 0. The second-order valence-electron chi connectivity index (χ2n) is 3.86. The first-order valence-corrected chi connectivity index (χ1v) is 5.27. The maximum absolute atomic E-state index is 13.3. The van der Waals surface area contributed by atoms with Gasteiger partial charge >= 0.3 is 0 Å². The minimum absolute atomic E-state index is 0.290. The molecule has 0 bridgehead atoms. The van der Waals surface area contributed by atoms with Crippen LogP contribution in [0.2, 0.25) is 0 Å². The molecule has 0 saturated heterocycles. The number of aromatic nitrogens is 2. The largest absolute Gasteiger partial charge is 0.308 e. The van der Waals surface area contributed by atoms with Crippen molar-refractivity contribution in [3.05, 3.63) is 53.4 Å². The van der Waals surface area contributed by atoms with E-state index in [-0.39, 0.29) is 0 Å². The molecule has 0 aliphatic carbocycles. The molecule has 2 aromatic rings. The number of benzene rings is 1. The average Bonchev–Trinajstić information content (AvgIpc) is 2.69. The van der Waals surface area contributed by atoms with E-state index in [4.69, 9.17) is 0 Å². The predicted molar refractivity (Wildman–Crippen MR) is 60.1 cm³/mol. The Morgan fingerprint density at radius 1 is 1.29 bits per heavy atom. The summed E-state index contributed by atoms with van der Waals surface area (Å²) in [4.78, 5) is 0. The van der Waals surface area contributed by atoms with Gasteiger partial charge in [0.2, 0.25) is 0 Å². The maximum atomic E-state index is 13.3. The number of nitrogens with one attached hydrogen (secondary N) is 1. The molecular weight excluding hydrogens is 224 g/mol. The van der Waals surface area contributed by atoms with Crippen LogP contribution < -0.4 is 5.32 Å². The molecule has 0 fully saturated rings. The Kier molecular flexibility index (Phi) is 3.49. The van der Waals surface area contributed by atoms with E-state index in [0.717, 1.165) is 17.7 Å². The zero-order valence-corrected chi connectivity index (χ0v) is 9.45. The van der Waals surface area contributed by atoms with Crippen molar-refractivity contribution < 1.29 is 8.78 Å². The second-order valence-corrected chi connectivity index (χ2v) is 3.86. The van der Waals surface area contributed by atoms with E-state index in [1.54, 1.807) is 10.9 Å². The topological polar surface area (TPSA) is 29.9 Å². The molecule has 0 spiro atoms. The Labute approximate surface area is 98.1 Å². The third-order valence-corrected chi connectivity index (χ3v) is 2.41. The highest BCUT2D eigenvalue weighted by atomic mass is 19.1. The number of halogens is 2. The molecule has 0 amide bonds. The molecule has 0 aliphatic heterocycles. The highest BCUT2D eigenvalue weighted by Crippen LogP contribution is 2.09. The Morgan fingerprint density at radius 2 is 2.12 bits per heavy atom. The first kappa shape index (κ1) is 11.7. The number of nitrogens with zero attached hydrogens (tertiary/aromatic N) is 2. The molecule has 0 aliphatic rings. The van der Waals surface area contributed by atoms with E-state index in [1.165, 1.54) is 6.07 Å². The van der Waals surface area contributed by atoms with Gasteiger partial charge in [-0.15, -0.1) is 0 Å². The van der Waals surface area contributed by atoms with Crippen LogP contribution in [0.5, 0.6) is 0 Å². The average molecular weight is 237 g/mol. The van der Waals surface area contributed by atoms with Gasteiger partial charge in [0.1, 0.15) is 11.6 Å². The van der Waals surface area contributed by atoms with Crippen molar-refractivity contribution in [2.45, 2.75) is 13.1 Å². The fourth-order valence-corrected chi connectivity index (χ4v) is 1.58. The molecule has 0 radical (unpaired) electrons. The summed E-state index contributed by atoms with van der Waals surface area (Å²) in [5.74, 6) is -0.824. The Hall–Kier alpha value is -1.75. The van der Waals surface area contributed by atoms with Gasteiger partial charge in [0, 0.05) is 37.5 Å². The summed E-state index contributed by atoms with van der Waals surface area (Å²) in [5, 5.41) is 7.06. The van der Waals surface area contributed by atoms with Gasteiger partial charge in [-0.1, -0.05) is 0 Å². The molecular formula is C12H13F2N3. The SMILES string of the molecule is Cn1cc(CNCc2cc(F)ccc2F)cn1. The molecule has 1 N–H and O–H groups in total. The Morgan fingerprint density at radius 3 is 2.82 bits per heavy atom. The zero-order chi connectivity index (χ0) is 12.3. The van der Waals surface area contributed by atoms with Gasteiger partial charge in [-0.05, 0) is 18.2 Å². The van der Waals surface area contributed by atoms with Gasteiger partial charge in [0.25, 0.3) is 0 Å². The van der Waals surface area contributed by atoms with Gasteiger partial charge in [-0.25, -0.2) is 8.78 Å². The van der Waals surface area contributed by atoms with E-state index in [1.807, 2.05) is 13.2 Å².